The van der Waals surface area contributed by atoms with E-state index in [0.29, 0.717) is 0 Å². The minimum absolute atomic E-state index is 1.31. The first-order chi connectivity index (χ1) is 19.1. The summed E-state index contributed by atoms with van der Waals surface area (Å²) in [5.74, 6) is 0. The number of fused-ring (bicyclic) bond motifs is 4. The van der Waals surface area contributed by atoms with Gasteiger partial charge in [-0.05, 0) is 66.1 Å². The van der Waals surface area contributed by atoms with Gasteiger partial charge in [0.1, 0.15) is 0 Å². The maximum Gasteiger partial charge on any atom is 0.0775 e. The molecule has 0 aromatic heterocycles. The van der Waals surface area contributed by atoms with Crippen LogP contribution >= 0.6 is 0 Å². The van der Waals surface area contributed by atoms with E-state index in [4.69, 9.17) is 0 Å². The highest BCUT2D eigenvalue weighted by molar-refractivity contribution is 6.89. The summed E-state index contributed by atoms with van der Waals surface area (Å²) >= 11 is 0. The van der Waals surface area contributed by atoms with Crippen LogP contribution < -0.4 is 10.4 Å². The molecule has 0 saturated carbocycles. The second kappa shape index (κ2) is 8.89. The van der Waals surface area contributed by atoms with Crippen molar-refractivity contribution in [2.24, 2.45) is 0 Å². The van der Waals surface area contributed by atoms with E-state index >= 15 is 0 Å². The first-order valence-electron chi connectivity index (χ1n) is 14.5. The van der Waals surface area contributed by atoms with Crippen LogP contribution in [0.25, 0.3) is 66.1 Å². The van der Waals surface area contributed by atoms with Gasteiger partial charge in [0.2, 0.25) is 0 Å². The fourth-order valence-electron chi connectivity index (χ4n) is 6.61. The van der Waals surface area contributed by atoms with Crippen molar-refractivity contribution < 1.29 is 0 Å². The van der Waals surface area contributed by atoms with Crippen molar-refractivity contribution in [1.82, 2.24) is 0 Å². The third-order valence-electron chi connectivity index (χ3n) is 8.74. The van der Waals surface area contributed by atoms with E-state index in [2.05, 4.69) is 148 Å². The quantitative estimate of drug-likeness (QED) is 0.192. The third kappa shape index (κ3) is 3.85. The van der Waals surface area contributed by atoms with Crippen molar-refractivity contribution in [2.45, 2.75) is 39.3 Å². The molecule has 0 saturated heterocycles. The summed E-state index contributed by atoms with van der Waals surface area (Å²) in [6.07, 6.45) is 0. The Hall–Kier alpha value is -3.73. The summed E-state index contributed by atoms with van der Waals surface area (Å²) in [5, 5.41) is 8.36. The van der Waals surface area contributed by atoms with Gasteiger partial charge in [-0.15, -0.1) is 0 Å². The van der Waals surface area contributed by atoms with Gasteiger partial charge in [0, 0.05) is 0 Å². The Morgan fingerprint density at radius 2 is 0.775 bits per heavy atom. The van der Waals surface area contributed by atoms with Crippen molar-refractivity contribution in [1.29, 1.82) is 0 Å². The Labute approximate surface area is 240 Å². The smallest absolute Gasteiger partial charge is 0.0656 e. The molecule has 1 aliphatic rings. The van der Waals surface area contributed by atoms with Crippen molar-refractivity contribution in [3.8, 4) is 44.5 Å². The van der Waals surface area contributed by atoms with E-state index in [0.717, 1.165) is 0 Å². The lowest BCUT2D eigenvalue weighted by Crippen LogP contribution is -2.37. The SMILES string of the molecule is C[Si](C)(C)c1ccc(-c2c3c(c(-c4ccc([Si](C)(C)C)cc4)c4ccccc24)-c2cccc4cccc-3c24)cc1. The van der Waals surface area contributed by atoms with Gasteiger partial charge in [-0.25, -0.2) is 0 Å². The predicted octanol–water partition coefficient (Wildman–Crippen LogP) is 10.1. The largest absolute Gasteiger partial charge is 0.0775 e. The fraction of sp³-hybridized carbons (Fsp3) is 0.158. The van der Waals surface area contributed by atoms with E-state index in [1.807, 2.05) is 0 Å². The minimum Gasteiger partial charge on any atom is -0.0656 e. The molecule has 0 unspecified atom stereocenters. The molecular weight excluding hydrogens is 513 g/mol. The summed E-state index contributed by atoms with van der Waals surface area (Å²) < 4.78 is 0. The fourth-order valence-corrected chi connectivity index (χ4v) is 8.94. The first kappa shape index (κ1) is 25.3. The molecule has 2 heteroatoms. The number of hydrogen-bond donors (Lipinski definition) is 0. The first-order valence-corrected chi connectivity index (χ1v) is 21.5. The van der Waals surface area contributed by atoms with Crippen LogP contribution in [0.5, 0.6) is 0 Å². The number of rotatable bonds is 4. The summed E-state index contributed by atoms with van der Waals surface area (Å²) in [7, 11) is -2.78. The predicted molar refractivity (Wildman–Crippen MR) is 183 cm³/mol. The molecule has 196 valence electrons. The van der Waals surface area contributed by atoms with Crippen LogP contribution in [0.1, 0.15) is 0 Å². The second-order valence-electron chi connectivity index (χ2n) is 13.4. The zero-order valence-corrected chi connectivity index (χ0v) is 26.4. The van der Waals surface area contributed by atoms with E-state index in [1.165, 1.54) is 76.4 Å². The Balaban J connectivity index is 1.62. The van der Waals surface area contributed by atoms with Crippen LogP contribution in [0, 0.1) is 0 Å². The lowest BCUT2D eigenvalue weighted by molar-refractivity contribution is 1.62. The Morgan fingerprint density at radius 1 is 0.375 bits per heavy atom. The zero-order chi connectivity index (χ0) is 27.8. The van der Waals surface area contributed by atoms with E-state index in [9.17, 15) is 0 Å². The maximum absolute atomic E-state index is 2.43. The standard InChI is InChI=1S/C38H36Si2/c1-39(2,3)28-21-17-26(18-22-28)35-30-13-7-8-14-31(30)36(27-19-23-29(24-20-27)40(4,5)6)38-33-16-10-12-25-11-9-15-32(34(25)33)37(35)38/h7-24H,1-6H3. The van der Waals surface area contributed by atoms with Crippen LogP contribution in [0.2, 0.25) is 39.3 Å². The molecule has 0 aliphatic heterocycles. The molecule has 0 nitrogen and oxygen atoms in total. The molecule has 0 bridgehead atoms. The molecule has 0 amide bonds. The Kier molecular flexibility index (Phi) is 5.61. The highest BCUT2D eigenvalue weighted by Gasteiger charge is 2.30. The molecule has 1 aliphatic carbocycles. The molecule has 0 radical (unpaired) electrons. The zero-order valence-electron chi connectivity index (χ0n) is 24.4. The lowest BCUT2D eigenvalue weighted by atomic mass is 9.82. The summed E-state index contributed by atoms with van der Waals surface area (Å²) in [5.41, 5.74) is 10.8. The van der Waals surface area contributed by atoms with E-state index in [-0.39, 0.29) is 0 Å². The monoisotopic (exact) mass is 548 g/mol. The molecule has 0 atom stereocenters. The highest BCUT2D eigenvalue weighted by Crippen LogP contribution is 2.57. The third-order valence-corrected chi connectivity index (χ3v) is 12.9. The number of hydrogen-bond acceptors (Lipinski definition) is 0. The molecule has 0 heterocycles. The lowest BCUT2D eigenvalue weighted by Gasteiger charge is -2.22. The number of benzene rings is 6. The Morgan fingerprint density at radius 3 is 1.15 bits per heavy atom. The molecule has 0 fully saturated rings. The van der Waals surface area contributed by atoms with Crippen LogP contribution in [0.4, 0.5) is 0 Å². The van der Waals surface area contributed by atoms with Crippen molar-refractivity contribution >= 4 is 48.1 Å². The average molecular weight is 549 g/mol. The van der Waals surface area contributed by atoms with Crippen LogP contribution in [0.3, 0.4) is 0 Å². The van der Waals surface area contributed by atoms with Crippen LogP contribution in [-0.2, 0) is 0 Å². The van der Waals surface area contributed by atoms with Gasteiger partial charge >= 0.3 is 0 Å². The van der Waals surface area contributed by atoms with Gasteiger partial charge in [0.25, 0.3) is 0 Å². The average Bonchev–Trinajstić information content (AvgIpc) is 3.26. The summed E-state index contributed by atoms with van der Waals surface area (Å²) in [4.78, 5) is 0. The normalized spacial score (nSPS) is 12.8. The summed E-state index contributed by atoms with van der Waals surface area (Å²) in [6.45, 7) is 14.6. The maximum atomic E-state index is 2.43. The molecule has 6 aromatic rings. The molecule has 6 aromatic carbocycles. The van der Waals surface area contributed by atoms with Gasteiger partial charge in [-0.3, -0.25) is 0 Å². The van der Waals surface area contributed by atoms with E-state index < -0.39 is 16.1 Å². The Bertz CT molecular complexity index is 1790. The second-order valence-corrected chi connectivity index (χ2v) is 23.6. The summed E-state index contributed by atoms with van der Waals surface area (Å²) in [6, 6.07) is 41.8. The van der Waals surface area contributed by atoms with Crippen LogP contribution in [-0.4, -0.2) is 16.1 Å². The van der Waals surface area contributed by atoms with Crippen molar-refractivity contribution in [3.05, 3.63) is 109 Å². The molecule has 7 rings (SSSR count). The van der Waals surface area contributed by atoms with Gasteiger partial charge in [0.15, 0.2) is 0 Å². The van der Waals surface area contributed by atoms with Crippen LogP contribution in [0.15, 0.2) is 109 Å². The molecule has 40 heavy (non-hydrogen) atoms. The van der Waals surface area contributed by atoms with Crippen molar-refractivity contribution in [2.75, 3.05) is 0 Å². The topological polar surface area (TPSA) is 0 Å². The van der Waals surface area contributed by atoms with Gasteiger partial charge < -0.3 is 0 Å². The molecule has 0 spiro atoms. The van der Waals surface area contributed by atoms with E-state index in [1.54, 1.807) is 0 Å². The highest BCUT2D eigenvalue weighted by atomic mass is 28.3. The minimum atomic E-state index is -1.39. The van der Waals surface area contributed by atoms with Gasteiger partial charge in [-0.1, -0.05) is 159 Å². The van der Waals surface area contributed by atoms with Crippen molar-refractivity contribution in [3.63, 3.8) is 0 Å². The molecule has 0 N–H and O–H groups in total. The van der Waals surface area contributed by atoms with Gasteiger partial charge in [0.05, 0.1) is 16.1 Å². The molecular formula is C38H36Si2. The van der Waals surface area contributed by atoms with Gasteiger partial charge in [-0.2, -0.15) is 0 Å².